The largest absolute Gasteiger partial charge is 0.497 e. The summed E-state index contributed by atoms with van der Waals surface area (Å²) in [6.45, 7) is 2.29. The number of amides is 2. The number of nitrogens with zero attached hydrogens (tertiary/aromatic N) is 3. The number of aliphatic imine (C=N–C) groups is 1. The Bertz CT molecular complexity index is 1670. The molecule has 0 fully saturated rings. The van der Waals surface area contributed by atoms with E-state index in [1.807, 2.05) is 95.9 Å². The monoisotopic (exact) mass is 544 g/mol. The Hall–Kier alpha value is -4.91. The normalized spacial score (nSPS) is 18.1. The van der Waals surface area contributed by atoms with Gasteiger partial charge in [0.25, 0.3) is 5.91 Å². The molecule has 1 atom stereocenters. The molecule has 7 heteroatoms. The van der Waals surface area contributed by atoms with Crippen molar-refractivity contribution in [3.8, 4) is 16.9 Å². The Morgan fingerprint density at radius 3 is 2.39 bits per heavy atom. The van der Waals surface area contributed by atoms with Gasteiger partial charge < -0.3 is 15.0 Å². The second-order valence-corrected chi connectivity index (χ2v) is 10.4. The molecule has 4 aromatic carbocycles. The standard InChI is InChI=1S/C34H32N4O3/c1-23(39)38-19-9-12-26-21-28(17-18-31(26)38)34(32(40)37(2)33(36-34)35-29-14-5-4-6-15-29)27-13-7-10-24(20-27)25-11-8-16-30(22-25)41-3/h4-8,10-11,13-18,20-22H,9,12,19H2,1-3H3,(H,35,36). The molecule has 2 amide bonds. The molecule has 0 saturated heterocycles. The number of carbonyl (C=O) groups excluding carboxylic acids is 2. The number of ether oxygens (including phenoxy) is 1. The van der Waals surface area contributed by atoms with E-state index in [2.05, 4.69) is 11.4 Å². The third-order valence-electron chi connectivity index (χ3n) is 7.91. The number of aryl methyl sites for hydroxylation is 1. The highest BCUT2D eigenvalue weighted by molar-refractivity contribution is 6.14. The van der Waals surface area contributed by atoms with Gasteiger partial charge in [-0.2, -0.15) is 0 Å². The maximum absolute atomic E-state index is 14.4. The van der Waals surface area contributed by atoms with Crippen molar-refractivity contribution in [3.63, 3.8) is 0 Å². The fourth-order valence-electron chi connectivity index (χ4n) is 5.80. The summed E-state index contributed by atoms with van der Waals surface area (Å²) < 4.78 is 5.46. The fraction of sp³-hybridized carbons (Fsp3) is 0.206. The Kier molecular flexibility index (Phi) is 6.79. The minimum absolute atomic E-state index is 0.0171. The van der Waals surface area contributed by atoms with Crippen molar-refractivity contribution in [3.05, 3.63) is 114 Å². The van der Waals surface area contributed by atoms with Crippen LogP contribution in [0.15, 0.2) is 102 Å². The number of hydrogen-bond donors (Lipinski definition) is 1. The number of fused-ring (bicyclic) bond motifs is 1. The number of anilines is 2. The predicted octanol–water partition coefficient (Wildman–Crippen LogP) is 5.85. The van der Waals surface area contributed by atoms with Crippen LogP contribution >= 0.6 is 0 Å². The van der Waals surface area contributed by atoms with Crippen LogP contribution in [0, 0.1) is 0 Å². The molecule has 0 bridgehead atoms. The number of guanidine groups is 1. The van der Waals surface area contributed by atoms with Crippen LogP contribution in [-0.4, -0.2) is 43.4 Å². The lowest BCUT2D eigenvalue weighted by Gasteiger charge is -2.31. The highest BCUT2D eigenvalue weighted by atomic mass is 16.5. The van der Waals surface area contributed by atoms with Gasteiger partial charge in [-0.3, -0.25) is 14.5 Å². The van der Waals surface area contributed by atoms with Gasteiger partial charge in [-0.15, -0.1) is 0 Å². The first-order valence-electron chi connectivity index (χ1n) is 13.8. The van der Waals surface area contributed by atoms with Crippen LogP contribution in [0.2, 0.25) is 0 Å². The van der Waals surface area contributed by atoms with Gasteiger partial charge in [-0.25, -0.2) is 4.99 Å². The molecule has 41 heavy (non-hydrogen) atoms. The van der Waals surface area contributed by atoms with Crippen molar-refractivity contribution in [2.75, 3.05) is 30.9 Å². The molecular weight excluding hydrogens is 512 g/mol. The van der Waals surface area contributed by atoms with Crippen LogP contribution in [0.1, 0.15) is 30.0 Å². The lowest BCUT2D eigenvalue weighted by atomic mass is 9.80. The summed E-state index contributed by atoms with van der Waals surface area (Å²) in [5.74, 6) is 1.09. The summed E-state index contributed by atoms with van der Waals surface area (Å²) >= 11 is 0. The highest BCUT2D eigenvalue weighted by Gasteiger charge is 2.50. The molecule has 206 valence electrons. The molecule has 2 aliphatic heterocycles. The number of methoxy groups -OCH3 is 1. The van der Waals surface area contributed by atoms with Crippen molar-refractivity contribution < 1.29 is 14.3 Å². The number of nitrogens with one attached hydrogen (secondary N) is 1. The van der Waals surface area contributed by atoms with Crippen LogP contribution < -0.4 is 15.0 Å². The van der Waals surface area contributed by atoms with Crippen molar-refractivity contribution >= 4 is 29.1 Å². The van der Waals surface area contributed by atoms with E-state index < -0.39 is 5.54 Å². The summed E-state index contributed by atoms with van der Waals surface area (Å²) in [5, 5.41) is 3.35. The zero-order chi connectivity index (χ0) is 28.6. The Labute approximate surface area is 240 Å². The third-order valence-corrected chi connectivity index (χ3v) is 7.91. The summed E-state index contributed by atoms with van der Waals surface area (Å²) in [6, 6.07) is 31.5. The number of likely N-dealkylation sites (N-methyl/N-ethyl adjacent to an activating group) is 1. The topological polar surface area (TPSA) is 74.2 Å². The number of benzene rings is 4. The maximum Gasteiger partial charge on any atom is 0.266 e. The van der Waals surface area contributed by atoms with Gasteiger partial charge >= 0.3 is 0 Å². The summed E-state index contributed by atoms with van der Waals surface area (Å²) in [6.07, 6.45) is 1.70. The number of hydrogen-bond acceptors (Lipinski definition) is 5. The fourth-order valence-corrected chi connectivity index (χ4v) is 5.80. The van der Waals surface area contributed by atoms with Gasteiger partial charge in [0, 0.05) is 31.9 Å². The lowest BCUT2D eigenvalue weighted by molar-refractivity contribution is -0.129. The molecular formula is C34H32N4O3. The molecule has 2 heterocycles. The summed E-state index contributed by atoms with van der Waals surface area (Å²) in [7, 11) is 3.40. The van der Waals surface area contributed by atoms with Crippen molar-refractivity contribution in [2.45, 2.75) is 25.3 Å². The van der Waals surface area contributed by atoms with Gasteiger partial charge in [-0.05, 0) is 77.1 Å². The van der Waals surface area contributed by atoms with Gasteiger partial charge in [-0.1, -0.05) is 60.7 Å². The van der Waals surface area contributed by atoms with E-state index in [1.54, 1.807) is 26.0 Å². The van der Waals surface area contributed by atoms with Gasteiger partial charge in [0.05, 0.1) is 7.11 Å². The number of rotatable bonds is 5. The second-order valence-electron chi connectivity index (χ2n) is 10.4. The molecule has 7 nitrogen and oxygen atoms in total. The average molecular weight is 545 g/mol. The number of carbonyl (C=O) groups is 2. The Balaban J connectivity index is 1.53. The van der Waals surface area contributed by atoms with E-state index >= 15 is 0 Å². The molecule has 1 N–H and O–H groups in total. The Morgan fingerprint density at radius 1 is 0.902 bits per heavy atom. The van der Waals surface area contributed by atoms with Gasteiger partial charge in [0.2, 0.25) is 11.9 Å². The maximum atomic E-state index is 14.4. The molecule has 0 aromatic heterocycles. The van der Waals surface area contributed by atoms with E-state index in [0.717, 1.165) is 57.8 Å². The minimum Gasteiger partial charge on any atom is -0.497 e. The molecule has 0 saturated carbocycles. The predicted molar refractivity (Wildman–Crippen MR) is 162 cm³/mol. The molecule has 0 radical (unpaired) electrons. The first-order chi connectivity index (χ1) is 19.9. The van der Waals surface area contributed by atoms with E-state index in [0.29, 0.717) is 12.5 Å². The molecule has 0 aliphatic carbocycles. The average Bonchev–Trinajstić information content (AvgIpc) is 3.26. The van der Waals surface area contributed by atoms with E-state index in [4.69, 9.17) is 9.73 Å². The first kappa shape index (κ1) is 26.3. The van der Waals surface area contributed by atoms with Crippen LogP contribution in [0.3, 0.4) is 0 Å². The smallest absolute Gasteiger partial charge is 0.266 e. The first-order valence-corrected chi connectivity index (χ1v) is 13.8. The van der Waals surface area contributed by atoms with Gasteiger partial charge in [0.1, 0.15) is 5.75 Å². The quantitative estimate of drug-likeness (QED) is 0.342. The van der Waals surface area contributed by atoms with Crippen molar-refractivity contribution in [2.24, 2.45) is 4.99 Å². The minimum atomic E-state index is -1.31. The molecule has 2 aliphatic rings. The van der Waals surface area contributed by atoms with E-state index in [9.17, 15) is 9.59 Å². The molecule has 1 unspecified atom stereocenters. The highest BCUT2D eigenvalue weighted by Crippen LogP contribution is 2.43. The summed E-state index contributed by atoms with van der Waals surface area (Å²) in [4.78, 5) is 35.3. The molecule has 0 spiro atoms. The SMILES string of the molecule is COc1cccc(-c2cccc(C3(c4ccc5c(c4)CCCN5C(C)=O)N=C(Nc4ccccc4)N(C)C3=O)c2)c1. The third kappa shape index (κ3) is 4.63. The second kappa shape index (κ2) is 10.6. The molecule has 4 aromatic rings. The van der Waals surface area contributed by atoms with Gasteiger partial charge in [0.15, 0.2) is 5.54 Å². The van der Waals surface area contributed by atoms with E-state index in [-0.39, 0.29) is 11.8 Å². The van der Waals surface area contributed by atoms with E-state index in [1.165, 1.54) is 0 Å². The zero-order valence-electron chi connectivity index (χ0n) is 23.4. The number of para-hydroxylation sites is 1. The zero-order valence-corrected chi connectivity index (χ0v) is 23.4. The van der Waals surface area contributed by atoms with Crippen molar-refractivity contribution in [1.82, 2.24) is 4.90 Å². The van der Waals surface area contributed by atoms with Crippen LogP contribution in [0.5, 0.6) is 5.75 Å². The summed E-state index contributed by atoms with van der Waals surface area (Å²) in [5.41, 5.74) is 4.94. The Morgan fingerprint density at radius 2 is 1.63 bits per heavy atom. The molecule has 6 rings (SSSR count). The van der Waals surface area contributed by atoms with Crippen LogP contribution in [0.25, 0.3) is 11.1 Å². The van der Waals surface area contributed by atoms with Crippen LogP contribution in [-0.2, 0) is 21.5 Å². The van der Waals surface area contributed by atoms with Crippen LogP contribution in [0.4, 0.5) is 11.4 Å². The lowest BCUT2D eigenvalue weighted by Crippen LogP contribution is -2.41. The van der Waals surface area contributed by atoms with Crippen molar-refractivity contribution in [1.29, 1.82) is 0 Å².